The van der Waals surface area contributed by atoms with Crippen LogP contribution >= 0.6 is 0 Å². The molecule has 0 saturated carbocycles. The molecule has 0 aliphatic rings. The zero-order valence-corrected chi connectivity index (χ0v) is 13.5. The molecule has 0 heterocycles. The van der Waals surface area contributed by atoms with E-state index in [1.165, 1.54) is 0 Å². The molecule has 120 valence electrons. The third kappa shape index (κ3) is 2.79. The Labute approximate surface area is 146 Å². The molecule has 4 rings (SSSR count). The lowest BCUT2D eigenvalue weighted by atomic mass is 9.91. The van der Waals surface area contributed by atoms with Crippen LogP contribution in [0.3, 0.4) is 0 Å². The molecule has 0 spiro atoms. The van der Waals surface area contributed by atoms with Gasteiger partial charge < -0.3 is 5.11 Å². The summed E-state index contributed by atoms with van der Waals surface area (Å²) in [6, 6.07) is 29.8. The second kappa shape index (κ2) is 6.25. The van der Waals surface area contributed by atoms with Gasteiger partial charge in [0, 0.05) is 0 Å². The predicted octanol–water partition coefficient (Wildman–Crippen LogP) is 5.87. The van der Waals surface area contributed by atoms with E-state index in [9.17, 15) is 9.90 Å². The topological polar surface area (TPSA) is 37.3 Å². The maximum Gasteiger partial charge on any atom is 0.335 e. The first-order valence-corrected chi connectivity index (χ1v) is 8.15. The molecular weight excluding hydrogens is 308 g/mol. The highest BCUT2D eigenvalue weighted by Crippen LogP contribution is 2.36. The zero-order valence-electron chi connectivity index (χ0n) is 13.5. The highest BCUT2D eigenvalue weighted by Gasteiger charge is 2.11. The van der Waals surface area contributed by atoms with E-state index in [1.807, 2.05) is 48.5 Å². The highest BCUT2D eigenvalue weighted by molar-refractivity contribution is 6.03. The van der Waals surface area contributed by atoms with Crippen LogP contribution in [0.25, 0.3) is 33.0 Å². The molecule has 0 aliphatic heterocycles. The summed E-state index contributed by atoms with van der Waals surface area (Å²) in [7, 11) is 0. The molecule has 0 fully saturated rings. The summed E-state index contributed by atoms with van der Waals surface area (Å²) in [5.74, 6) is -0.909. The number of hydrogen-bond donors (Lipinski definition) is 1. The van der Waals surface area contributed by atoms with Crippen LogP contribution in [0, 0.1) is 0 Å². The monoisotopic (exact) mass is 324 g/mol. The Morgan fingerprint density at radius 3 is 2.08 bits per heavy atom. The Hall–Kier alpha value is -3.39. The van der Waals surface area contributed by atoms with Crippen molar-refractivity contribution in [1.29, 1.82) is 0 Å². The summed E-state index contributed by atoms with van der Waals surface area (Å²) in [5, 5.41) is 11.3. The molecule has 0 radical (unpaired) electrons. The van der Waals surface area contributed by atoms with Gasteiger partial charge in [0.25, 0.3) is 0 Å². The third-order valence-corrected chi connectivity index (χ3v) is 4.43. The summed E-state index contributed by atoms with van der Waals surface area (Å²) in [4.78, 5) is 11.4. The lowest BCUT2D eigenvalue weighted by Gasteiger charge is -2.13. The number of benzene rings is 4. The van der Waals surface area contributed by atoms with Gasteiger partial charge in [0.2, 0.25) is 0 Å². The van der Waals surface area contributed by atoms with E-state index in [0.717, 1.165) is 33.0 Å². The third-order valence-electron chi connectivity index (χ3n) is 4.43. The Kier molecular flexibility index (Phi) is 3.79. The van der Waals surface area contributed by atoms with Gasteiger partial charge >= 0.3 is 5.97 Å². The summed E-state index contributed by atoms with van der Waals surface area (Å²) >= 11 is 0. The van der Waals surface area contributed by atoms with Gasteiger partial charge in [-0.25, -0.2) is 4.79 Å². The molecule has 0 unspecified atom stereocenters. The fourth-order valence-electron chi connectivity index (χ4n) is 3.23. The minimum Gasteiger partial charge on any atom is -0.478 e. The predicted molar refractivity (Wildman–Crippen MR) is 102 cm³/mol. The Bertz CT molecular complexity index is 1070. The van der Waals surface area contributed by atoms with Gasteiger partial charge in [-0.2, -0.15) is 0 Å². The average Bonchev–Trinajstić information content (AvgIpc) is 2.68. The van der Waals surface area contributed by atoms with Crippen molar-refractivity contribution in [3.8, 4) is 22.3 Å². The molecule has 0 aromatic heterocycles. The minimum atomic E-state index is -0.909. The molecule has 0 amide bonds. The standard InChI is InChI=1S/C23H16O2/c24-23(25)18-14-13-17-9-6-12-21(22(17)15-18)20-11-5-4-10-19(20)16-7-2-1-3-8-16/h1-15H,(H,24,25). The molecule has 2 nitrogen and oxygen atoms in total. The Morgan fingerprint density at radius 2 is 1.32 bits per heavy atom. The summed E-state index contributed by atoms with van der Waals surface area (Å²) in [5.41, 5.74) is 4.72. The lowest BCUT2D eigenvalue weighted by Crippen LogP contribution is -1.96. The lowest BCUT2D eigenvalue weighted by molar-refractivity contribution is 0.0697. The van der Waals surface area contributed by atoms with E-state index < -0.39 is 5.97 Å². The Morgan fingerprint density at radius 1 is 0.640 bits per heavy atom. The van der Waals surface area contributed by atoms with Crippen molar-refractivity contribution in [1.82, 2.24) is 0 Å². The quantitative estimate of drug-likeness (QED) is 0.511. The van der Waals surface area contributed by atoms with Gasteiger partial charge in [-0.15, -0.1) is 0 Å². The van der Waals surface area contributed by atoms with E-state index in [-0.39, 0.29) is 0 Å². The van der Waals surface area contributed by atoms with Gasteiger partial charge in [-0.05, 0) is 45.2 Å². The fraction of sp³-hybridized carbons (Fsp3) is 0. The van der Waals surface area contributed by atoms with E-state index in [1.54, 1.807) is 12.1 Å². The molecule has 25 heavy (non-hydrogen) atoms. The van der Waals surface area contributed by atoms with Crippen molar-refractivity contribution in [2.75, 3.05) is 0 Å². The average molecular weight is 324 g/mol. The van der Waals surface area contributed by atoms with E-state index in [2.05, 4.69) is 30.3 Å². The van der Waals surface area contributed by atoms with E-state index >= 15 is 0 Å². The zero-order chi connectivity index (χ0) is 17.2. The van der Waals surface area contributed by atoms with Gasteiger partial charge in [0.1, 0.15) is 0 Å². The molecular formula is C23H16O2. The van der Waals surface area contributed by atoms with Gasteiger partial charge in [0.15, 0.2) is 0 Å². The van der Waals surface area contributed by atoms with Crippen LogP contribution in [0.2, 0.25) is 0 Å². The molecule has 0 bridgehead atoms. The maximum atomic E-state index is 11.4. The summed E-state index contributed by atoms with van der Waals surface area (Å²) < 4.78 is 0. The first-order chi connectivity index (χ1) is 12.2. The van der Waals surface area contributed by atoms with Crippen LogP contribution < -0.4 is 0 Å². The number of carboxylic acids is 1. The summed E-state index contributed by atoms with van der Waals surface area (Å²) in [6.07, 6.45) is 0. The van der Waals surface area contributed by atoms with E-state index in [4.69, 9.17) is 0 Å². The fourth-order valence-corrected chi connectivity index (χ4v) is 3.23. The number of rotatable bonds is 3. The number of fused-ring (bicyclic) bond motifs is 1. The largest absolute Gasteiger partial charge is 0.478 e. The van der Waals surface area contributed by atoms with Crippen molar-refractivity contribution in [3.63, 3.8) is 0 Å². The van der Waals surface area contributed by atoms with Crippen LogP contribution in [-0.4, -0.2) is 11.1 Å². The van der Waals surface area contributed by atoms with Crippen LogP contribution in [-0.2, 0) is 0 Å². The minimum absolute atomic E-state index is 0.303. The number of carbonyl (C=O) groups is 1. The molecule has 2 heteroatoms. The van der Waals surface area contributed by atoms with Crippen LogP contribution in [0.4, 0.5) is 0 Å². The summed E-state index contributed by atoms with van der Waals surface area (Å²) in [6.45, 7) is 0. The SMILES string of the molecule is O=C(O)c1ccc2cccc(-c3ccccc3-c3ccccc3)c2c1. The first-order valence-electron chi connectivity index (χ1n) is 8.15. The molecule has 4 aromatic carbocycles. The Balaban J connectivity index is 2.00. The van der Waals surface area contributed by atoms with Crippen molar-refractivity contribution in [3.05, 3.63) is 96.6 Å². The number of hydrogen-bond acceptors (Lipinski definition) is 1. The van der Waals surface area contributed by atoms with Crippen molar-refractivity contribution in [2.24, 2.45) is 0 Å². The van der Waals surface area contributed by atoms with Crippen molar-refractivity contribution >= 4 is 16.7 Å². The van der Waals surface area contributed by atoms with Crippen molar-refractivity contribution < 1.29 is 9.90 Å². The van der Waals surface area contributed by atoms with E-state index in [0.29, 0.717) is 5.56 Å². The van der Waals surface area contributed by atoms with Crippen LogP contribution in [0.1, 0.15) is 10.4 Å². The number of carboxylic acid groups (broad SMARTS) is 1. The maximum absolute atomic E-state index is 11.4. The van der Waals surface area contributed by atoms with Gasteiger partial charge in [0.05, 0.1) is 5.56 Å². The van der Waals surface area contributed by atoms with Gasteiger partial charge in [-0.1, -0.05) is 78.9 Å². The molecule has 0 atom stereocenters. The highest BCUT2D eigenvalue weighted by atomic mass is 16.4. The van der Waals surface area contributed by atoms with Gasteiger partial charge in [-0.3, -0.25) is 0 Å². The first kappa shape index (κ1) is 15.2. The second-order valence-corrected chi connectivity index (χ2v) is 5.96. The van der Waals surface area contributed by atoms with Crippen LogP contribution in [0.5, 0.6) is 0 Å². The molecule has 0 aliphatic carbocycles. The van der Waals surface area contributed by atoms with Crippen LogP contribution in [0.15, 0.2) is 91.0 Å². The van der Waals surface area contributed by atoms with Crippen molar-refractivity contribution in [2.45, 2.75) is 0 Å². The number of aromatic carboxylic acids is 1. The normalized spacial score (nSPS) is 10.7. The molecule has 4 aromatic rings. The molecule has 0 saturated heterocycles. The molecule has 1 N–H and O–H groups in total. The smallest absolute Gasteiger partial charge is 0.335 e. The second-order valence-electron chi connectivity index (χ2n) is 5.96.